The number of amides is 1. The van der Waals surface area contributed by atoms with Gasteiger partial charge in [0.05, 0.1) is 12.9 Å². The number of ether oxygens (including phenoxy) is 1. The summed E-state index contributed by atoms with van der Waals surface area (Å²) in [4.78, 5) is 14.0. The Morgan fingerprint density at radius 2 is 2.00 bits per heavy atom. The Labute approximate surface area is 132 Å². The molecule has 3 nitrogen and oxygen atoms in total. The van der Waals surface area contributed by atoms with Crippen LogP contribution in [-0.4, -0.2) is 18.8 Å². The number of hydrogen-bond acceptors (Lipinski definition) is 3. The maximum atomic E-state index is 12.2. The van der Waals surface area contributed by atoms with Crippen LogP contribution in [-0.2, 0) is 4.79 Å². The molecule has 0 aliphatic carbocycles. The first-order valence-corrected chi connectivity index (χ1v) is 7.95. The van der Waals surface area contributed by atoms with Gasteiger partial charge in [-0.15, -0.1) is 11.8 Å². The van der Waals surface area contributed by atoms with Crippen molar-refractivity contribution in [3.05, 3.63) is 59.1 Å². The Balaban J connectivity index is 1.95. The monoisotopic (exact) mass is 319 g/mol. The number of thioether (sulfide) groups is 1. The van der Waals surface area contributed by atoms with Gasteiger partial charge in [-0.25, -0.2) is 0 Å². The van der Waals surface area contributed by atoms with Crippen LogP contribution in [0.1, 0.15) is 10.9 Å². The number of halogens is 1. The number of benzene rings is 2. The number of nitrogens with zero attached hydrogens (tertiary/aromatic N) is 1. The molecule has 0 spiro atoms. The number of hydrogen-bond donors (Lipinski definition) is 0. The van der Waals surface area contributed by atoms with Crippen LogP contribution >= 0.6 is 23.4 Å². The van der Waals surface area contributed by atoms with Crippen LogP contribution < -0.4 is 9.64 Å². The predicted octanol–water partition coefficient (Wildman–Crippen LogP) is 4.13. The fourth-order valence-electron chi connectivity index (χ4n) is 2.34. The van der Waals surface area contributed by atoms with E-state index in [1.54, 1.807) is 29.8 Å². The van der Waals surface area contributed by atoms with Gasteiger partial charge in [-0.2, -0.15) is 0 Å². The molecule has 1 saturated heterocycles. The van der Waals surface area contributed by atoms with Gasteiger partial charge in [-0.1, -0.05) is 29.8 Å². The van der Waals surface area contributed by atoms with E-state index in [4.69, 9.17) is 16.3 Å². The summed E-state index contributed by atoms with van der Waals surface area (Å²) in [5, 5.41) is 0.604. The fraction of sp³-hybridized carbons (Fsp3) is 0.188. The number of carbonyl (C=O) groups is 1. The zero-order chi connectivity index (χ0) is 14.8. The van der Waals surface area contributed by atoms with Crippen molar-refractivity contribution in [2.24, 2.45) is 0 Å². The Kier molecular flexibility index (Phi) is 4.08. The standard InChI is InChI=1S/C16H14ClNO2S/c1-20-14-7-5-11(6-8-14)16-18(15(19)10-21-16)13-4-2-3-12(17)9-13/h2-9,16H,10H2,1H3/t16-/m1/s1. The number of rotatable bonds is 3. The van der Waals surface area contributed by atoms with Crippen LogP contribution in [0.5, 0.6) is 5.75 Å². The van der Waals surface area contributed by atoms with Gasteiger partial charge in [-0.3, -0.25) is 9.69 Å². The number of anilines is 1. The molecule has 1 aliphatic rings. The van der Waals surface area contributed by atoms with Gasteiger partial charge in [0, 0.05) is 10.7 Å². The van der Waals surface area contributed by atoms with E-state index in [2.05, 4.69) is 0 Å². The average Bonchev–Trinajstić information content (AvgIpc) is 2.89. The largest absolute Gasteiger partial charge is 0.497 e. The smallest absolute Gasteiger partial charge is 0.238 e. The highest BCUT2D eigenvalue weighted by molar-refractivity contribution is 8.00. The van der Waals surface area contributed by atoms with Gasteiger partial charge >= 0.3 is 0 Å². The Bertz CT molecular complexity index is 660. The van der Waals surface area contributed by atoms with Crippen molar-refractivity contribution in [1.29, 1.82) is 0 Å². The Morgan fingerprint density at radius 1 is 1.24 bits per heavy atom. The van der Waals surface area contributed by atoms with E-state index in [1.807, 2.05) is 42.5 Å². The SMILES string of the molecule is COc1ccc([C@H]2SCC(=O)N2c2cccc(Cl)c2)cc1. The van der Waals surface area contributed by atoms with E-state index >= 15 is 0 Å². The average molecular weight is 320 g/mol. The first-order chi connectivity index (χ1) is 10.2. The molecule has 0 saturated carbocycles. The summed E-state index contributed by atoms with van der Waals surface area (Å²) in [6.45, 7) is 0. The van der Waals surface area contributed by atoms with Crippen molar-refractivity contribution in [3.8, 4) is 5.75 Å². The van der Waals surface area contributed by atoms with Crippen LogP contribution in [0.3, 0.4) is 0 Å². The normalized spacial score (nSPS) is 18.1. The molecule has 0 radical (unpaired) electrons. The van der Waals surface area contributed by atoms with Gasteiger partial charge < -0.3 is 4.74 Å². The third kappa shape index (κ3) is 2.87. The lowest BCUT2D eigenvalue weighted by Gasteiger charge is -2.24. The van der Waals surface area contributed by atoms with E-state index in [0.717, 1.165) is 17.0 Å². The quantitative estimate of drug-likeness (QED) is 0.852. The molecule has 3 rings (SSSR count). The van der Waals surface area contributed by atoms with Crippen molar-refractivity contribution in [1.82, 2.24) is 0 Å². The molecular weight excluding hydrogens is 306 g/mol. The summed E-state index contributed by atoms with van der Waals surface area (Å²) in [5.74, 6) is 1.38. The second kappa shape index (κ2) is 6.00. The molecule has 0 unspecified atom stereocenters. The first-order valence-electron chi connectivity index (χ1n) is 6.52. The van der Waals surface area contributed by atoms with E-state index in [1.165, 1.54) is 0 Å². The highest BCUT2D eigenvalue weighted by Gasteiger charge is 2.34. The first kappa shape index (κ1) is 14.3. The van der Waals surface area contributed by atoms with Crippen molar-refractivity contribution in [2.45, 2.75) is 5.37 Å². The van der Waals surface area contributed by atoms with Gasteiger partial charge in [-0.05, 0) is 35.9 Å². The summed E-state index contributed by atoms with van der Waals surface area (Å²) in [6, 6.07) is 15.2. The van der Waals surface area contributed by atoms with Crippen LogP contribution in [0.4, 0.5) is 5.69 Å². The molecule has 0 bridgehead atoms. The predicted molar refractivity (Wildman–Crippen MR) is 87.1 cm³/mol. The molecule has 1 atom stereocenters. The van der Waals surface area contributed by atoms with Crippen LogP contribution in [0.2, 0.25) is 5.02 Å². The van der Waals surface area contributed by atoms with E-state index in [-0.39, 0.29) is 11.3 Å². The van der Waals surface area contributed by atoms with Gasteiger partial charge in [0.25, 0.3) is 0 Å². The van der Waals surface area contributed by atoms with Crippen molar-refractivity contribution in [2.75, 3.05) is 17.8 Å². The maximum absolute atomic E-state index is 12.2. The molecular formula is C16H14ClNO2S. The lowest BCUT2D eigenvalue weighted by molar-refractivity contribution is -0.115. The summed E-state index contributed by atoms with van der Waals surface area (Å²) in [5.41, 5.74) is 1.91. The minimum Gasteiger partial charge on any atom is -0.497 e. The third-order valence-electron chi connectivity index (χ3n) is 3.36. The van der Waals surface area contributed by atoms with Gasteiger partial charge in [0.15, 0.2) is 0 Å². The zero-order valence-corrected chi connectivity index (χ0v) is 13.0. The van der Waals surface area contributed by atoms with E-state index < -0.39 is 0 Å². The summed E-state index contributed by atoms with van der Waals surface area (Å²) >= 11 is 7.66. The highest BCUT2D eigenvalue weighted by atomic mass is 35.5. The van der Waals surface area contributed by atoms with Gasteiger partial charge in [0.2, 0.25) is 5.91 Å². The molecule has 1 aliphatic heterocycles. The molecule has 5 heteroatoms. The molecule has 2 aromatic carbocycles. The van der Waals surface area contributed by atoms with E-state index in [0.29, 0.717) is 10.8 Å². The molecule has 1 amide bonds. The zero-order valence-electron chi connectivity index (χ0n) is 11.5. The number of carbonyl (C=O) groups excluding carboxylic acids is 1. The lowest BCUT2D eigenvalue weighted by atomic mass is 10.2. The molecule has 21 heavy (non-hydrogen) atoms. The maximum Gasteiger partial charge on any atom is 0.238 e. The Morgan fingerprint density at radius 3 is 2.67 bits per heavy atom. The summed E-state index contributed by atoms with van der Waals surface area (Å²) in [7, 11) is 1.64. The van der Waals surface area contributed by atoms with Crippen molar-refractivity contribution in [3.63, 3.8) is 0 Å². The molecule has 108 valence electrons. The molecule has 1 heterocycles. The van der Waals surface area contributed by atoms with Crippen LogP contribution in [0.25, 0.3) is 0 Å². The second-order valence-electron chi connectivity index (χ2n) is 4.68. The van der Waals surface area contributed by atoms with E-state index in [9.17, 15) is 4.79 Å². The van der Waals surface area contributed by atoms with Crippen LogP contribution in [0.15, 0.2) is 48.5 Å². The minimum atomic E-state index is -0.0260. The van der Waals surface area contributed by atoms with Crippen molar-refractivity contribution >= 4 is 35.0 Å². The molecule has 1 fully saturated rings. The fourth-order valence-corrected chi connectivity index (χ4v) is 3.71. The number of methoxy groups -OCH3 is 1. The summed E-state index contributed by atoms with van der Waals surface area (Å²) in [6.07, 6.45) is 0. The highest BCUT2D eigenvalue weighted by Crippen LogP contribution is 2.42. The second-order valence-corrected chi connectivity index (χ2v) is 6.19. The van der Waals surface area contributed by atoms with Crippen molar-refractivity contribution < 1.29 is 9.53 Å². The topological polar surface area (TPSA) is 29.5 Å². The third-order valence-corrected chi connectivity index (χ3v) is 4.80. The lowest BCUT2D eigenvalue weighted by Crippen LogP contribution is -2.27. The molecule has 0 aromatic heterocycles. The summed E-state index contributed by atoms with van der Waals surface area (Å²) < 4.78 is 5.18. The minimum absolute atomic E-state index is 0.0260. The Hall–Kier alpha value is -1.65. The molecule has 2 aromatic rings. The van der Waals surface area contributed by atoms with Gasteiger partial charge in [0.1, 0.15) is 11.1 Å². The van der Waals surface area contributed by atoms with Crippen LogP contribution in [0, 0.1) is 0 Å². The molecule has 0 N–H and O–H groups in total.